The first-order chi connectivity index (χ1) is 22.5. The van der Waals surface area contributed by atoms with Crippen molar-refractivity contribution in [3.63, 3.8) is 0 Å². The minimum atomic E-state index is -1.56. The predicted octanol–water partition coefficient (Wildman–Crippen LogP) is 11.3. The number of hydrogen-bond donors (Lipinski definition) is 1. The average Bonchev–Trinajstić information content (AvgIpc) is 3.30. The molecule has 0 radical (unpaired) electrons. The van der Waals surface area contributed by atoms with Gasteiger partial charge in [-0.05, 0) is 86.4 Å². The van der Waals surface area contributed by atoms with Crippen molar-refractivity contribution in [1.82, 2.24) is 14.5 Å². The number of pyridine rings is 1. The lowest BCUT2D eigenvalue weighted by molar-refractivity contribution is 0.446. The lowest BCUT2D eigenvalue weighted by Gasteiger charge is -2.27. The molecule has 0 unspecified atom stereocenters. The number of hydrogen-bond acceptors (Lipinski definition) is 3. The molecule has 2 heterocycles. The molecular formula is C44H59N3OSi. The van der Waals surface area contributed by atoms with Crippen molar-refractivity contribution in [2.24, 2.45) is 13.0 Å². The molecule has 4 nitrogen and oxygen atoms in total. The van der Waals surface area contributed by atoms with Crippen LogP contribution in [0.2, 0.25) is 19.6 Å². The summed E-state index contributed by atoms with van der Waals surface area (Å²) in [6.07, 6.45) is 3.22. The molecule has 49 heavy (non-hydrogen) atoms. The molecule has 0 aliphatic rings. The normalized spacial score (nSPS) is 13.1. The van der Waals surface area contributed by atoms with Crippen LogP contribution in [0.3, 0.4) is 0 Å². The van der Waals surface area contributed by atoms with E-state index in [1.165, 1.54) is 21.9 Å². The molecule has 0 atom stereocenters. The average molecular weight is 674 g/mol. The van der Waals surface area contributed by atoms with Crippen LogP contribution in [0.1, 0.15) is 98.4 Å². The quantitative estimate of drug-likeness (QED) is 0.183. The van der Waals surface area contributed by atoms with Gasteiger partial charge in [-0.15, -0.1) is 0 Å². The first-order valence-electron chi connectivity index (χ1n) is 18.0. The van der Waals surface area contributed by atoms with Gasteiger partial charge in [-0.25, -0.2) is 4.98 Å². The fourth-order valence-corrected chi connectivity index (χ4v) is 8.39. The molecule has 5 aromatic rings. The molecule has 0 aliphatic carbocycles. The van der Waals surface area contributed by atoms with E-state index in [-0.39, 0.29) is 16.2 Å². The van der Waals surface area contributed by atoms with E-state index in [0.29, 0.717) is 11.7 Å². The predicted molar refractivity (Wildman–Crippen MR) is 214 cm³/mol. The minimum absolute atomic E-state index is 0.0600. The maximum atomic E-state index is 11.8. The van der Waals surface area contributed by atoms with E-state index in [9.17, 15) is 5.11 Å². The van der Waals surface area contributed by atoms with Crippen molar-refractivity contribution in [3.8, 4) is 39.5 Å². The number of para-hydroxylation sites is 1. The topological polar surface area (TPSA) is 50.9 Å². The largest absolute Gasteiger partial charge is 0.507 e. The third-order valence-electron chi connectivity index (χ3n) is 9.77. The zero-order valence-corrected chi connectivity index (χ0v) is 33.8. The highest BCUT2D eigenvalue weighted by Crippen LogP contribution is 2.43. The van der Waals surface area contributed by atoms with Gasteiger partial charge in [0, 0.05) is 29.9 Å². The number of imidazole rings is 1. The highest BCUT2D eigenvalue weighted by atomic mass is 28.3. The van der Waals surface area contributed by atoms with Crippen molar-refractivity contribution in [3.05, 3.63) is 83.0 Å². The molecule has 0 bridgehead atoms. The third-order valence-corrected chi connectivity index (χ3v) is 11.8. The molecule has 0 saturated carbocycles. The van der Waals surface area contributed by atoms with Crippen LogP contribution in [-0.2, 0) is 29.7 Å². The van der Waals surface area contributed by atoms with Gasteiger partial charge in [-0.2, -0.15) is 0 Å². The molecule has 0 amide bonds. The number of fused-ring (bicyclic) bond motifs is 1. The smallest absolute Gasteiger partial charge is 0.144 e. The Hall–Kier alpha value is -3.70. The van der Waals surface area contributed by atoms with Gasteiger partial charge in [-0.1, -0.05) is 120 Å². The summed E-state index contributed by atoms with van der Waals surface area (Å²) in [4.78, 5) is 10.5. The Balaban J connectivity index is 1.76. The van der Waals surface area contributed by atoms with Gasteiger partial charge >= 0.3 is 0 Å². The Morgan fingerprint density at radius 2 is 1.37 bits per heavy atom. The highest BCUT2D eigenvalue weighted by molar-refractivity contribution is 6.89. The lowest BCUT2D eigenvalue weighted by Crippen LogP contribution is -2.40. The molecule has 3 aromatic carbocycles. The SMILES string of the molecule is CC(C)Cc1cc(-c2cc(-c3cccc4c3nc(-c3cc(C(C)(C)C)cc(C(C)(C)C)c3O)n4C)cc(C(C)(C)C)c2)ncc1[Si](C)(C)C. The summed E-state index contributed by atoms with van der Waals surface area (Å²) < 4.78 is 2.14. The summed E-state index contributed by atoms with van der Waals surface area (Å²) in [6, 6.07) is 20.1. The molecule has 5 heteroatoms. The summed E-state index contributed by atoms with van der Waals surface area (Å²) >= 11 is 0. The first kappa shape index (κ1) is 36.6. The maximum Gasteiger partial charge on any atom is 0.144 e. The van der Waals surface area contributed by atoms with E-state index in [0.717, 1.165) is 56.8 Å². The van der Waals surface area contributed by atoms with Crippen molar-refractivity contribution < 1.29 is 5.11 Å². The van der Waals surface area contributed by atoms with Crippen LogP contribution < -0.4 is 5.19 Å². The van der Waals surface area contributed by atoms with Gasteiger partial charge < -0.3 is 9.67 Å². The molecule has 0 saturated heterocycles. The van der Waals surface area contributed by atoms with E-state index < -0.39 is 8.07 Å². The van der Waals surface area contributed by atoms with Crippen molar-refractivity contribution in [2.75, 3.05) is 0 Å². The number of aromatic hydroxyl groups is 1. The van der Waals surface area contributed by atoms with E-state index in [1.807, 2.05) is 0 Å². The number of aromatic nitrogens is 3. The molecule has 0 spiro atoms. The van der Waals surface area contributed by atoms with E-state index >= 15 is 0 Å². The van der Waals surface area contributed by atoms with Crippen molar-refractivity contribution in [1.29, 1.82) is 0 Å². The molecule has 2 aromatic heterocycles. The Morgan fingerprint density at radius 1 is 0.755 bits per heavy atom. The van der Waals surface area contributed by atoms with Gasteiger partial charge in [0.1, 0.15) is 11.6 Å². The summed E-state index contributed by atoms with van der Waals surface area (Å²) in [6.45, 7) is 31.8. The number of phenols is 1. The fourth-order valence-electron chi connectivity index (χ4n) is 6.80. The number of benzene rings is 3. The third kappa shape index (κ3) is 7.43. The van der Waals surface area contributed by atoms with Crippen LogP contribution in [0, 0.1) is 5.92 Å². The second-order valence-corrected chi connectivity index (χ2v) is 23.8. The van der Waals surface area contributed by atoms with E-state index in [2.05, 4.69) is 168 Å². The van der Waals surface area contributed by atoms with Crippen LogP contribution in [-0.4, -0.2) is 27.7 Å². The number of rotatable bonds is 6. The summed E-state index contributed by atoms with van der Waals surface area (Å²) in [7, 11) is 0.503. The van der Waals surface area contributed by atoms with Crippen LogP contribution in [0.4, 0.5) is 0 Å². The molecule has 0 aliphatic heterocycles. The van der Waals surface area contributed by atoms with E-state index in [1.54, 1.807) is 0 Å². The zero-order valence-electron chi connectivity index (χ0n) is 32.8. The molecule has 1 N–H and O–H groups in total. The lowest BCUT2D eigenvalue weighted by atomic mass is 9.79. The van der Waals surface area contributed by atoms with Crippen LogP contribution in [0.25, 0.3) is 44.8 Å². The number of aryl methyl sites for hydroxylation is 1. The monoisotopic (exact) mass is 673 g/mol. The van der Waals surface area contributed by atoms with Crippen LogP contribution >= 0.6 is 0 Å². The second-order valence-electron chi connectivity index (χ2n) is 18.7. The Labute approximate surface area is 297 Å². The zero-order chi connectivity index (χ0) is 36.4. The minimum Gasteiger partial charge on any atom is -0.507 e. The van der Waals surface area contributed by atoms with Crippen molar-refractivity contribution in [2.45, 2.75) is 118 Å². The summed E-state index contributed by atoms with van der Waals surface area (Å²) in [5.74, 6) is 1.65. The van der Waals surface area contributed by atoms with E-state index in [4.69, 9.17) is 9.97 Å². The second kappa shape index (κ2) is 12.6. The summed E-state index contributed by atoms with van der Waals surface area (Å²) in [5, 5.41) is 13.2. The van der Waals surface area contributed by atoms with Crippen molar-refractivity contribution >= 4 is 24.3 Å². The first-order valence-corrected chi connectivity index (χ1v) is 21.5. The Kier molecular flexibility index (Phi) is 9.38. The van der Waals surface area contributed by atoms with Gasteiger partial charge in [0.05, 0.1) is 30.4 Å². The molecule has 5 rings (SSSR count). The van der Waals surface area contributed by atoms with Gasteiger partial charge in [-0.3, -0.25) is 4.98 Å². The summed E-state index contributed by atoms with van der Waals surface area (Å²) in [5.41, 5.74) is 11.5. The van der Waals surface area contributed by atoms with Crippen LogP contribution in [0.5, 0.6) is 5.75 Å². The number of phenolic OH excluding ortho intramolecular Hbond substituents is 1. The number of nitrogens with zero attached hydrogens (tertiary/aromatic N) is 3. The maximum absolute atomic E-state index is 11.8. The van der Waals surface area contributed by atoms with Gasteiger partial charge in [0.25, 0.3) is 0 Å². The standard InChI is InChI=1S/C44H59N3OSi/c1-27(2)19-30-23-36(45-26-38(30)49(13,14)15)29-20-28(21-31(22-29)42(3,4)5)33-17-16-18-37-39(33)46-41(47(37)12)34-24-32(43(6,7)8)25-35(40(34)48)44(9,10)11/h16-18,20-27,48H,19H2,1-15H3. The van der Waals surface area contributed by atoms with Gasteiger partial charge in [0.15, 0.2) is 0 Å². The Bertz CT molecular complexity index is 2020. The fraction of sp³-hybridized carbons (Fsp3) is 0.455. The van der Waals surface area contributed by atoms with Gasteiger partial charge in [0.2, 0.25) is 0 Å². The Morgan fingerprint density at radius 3 is 1.94 bits per heavy atom. The molecular weight excluding hydrogens is 615 g/mol. The highest BCUT2D eigenvalue weighted by Gasteiger charge is 2.28. The van der Waals surface area contributed by atoms with Crippen LogP contribution in [0.15, 0.2) is 60.8 Å². The molecule has 260 valence electrons. The molecule has 0 fully saturated rings.